The zero-order valence-corrected chi connectivity index (χ0v) is 11.7. The molecule has 1 aliphatic heterocycles. The average molecular weight is 299 g/mol. The van der Waals surface area contributed by atoms with Crippen LogP contribution in [0.25, 0.3) is 0 Å². The molecule has 2 aromatic rings. The molecule has 1 aliphatic rings. The van der Waals surface area contributed by atoms with Gasteiger partial charge in [0.15, 0.2) is 0 Å². The molecule has 0 bridgehead atoms. The minimum atomic E-state index is -1.02. The summed E-state index contributed by atoms with van der Waals surface area (Å²) in [5, 5.41) is 11.9. The van der Waals surface area contributed by atoms with Gasteiger partial charge in [0.25, 0.3) is 5.91 Å². The Balaban J connectivity index is 1.85. The number of aromatic carboxylic acids is 1. The first kappa shape index (κ1) is 14.3. The molecular formula is C17H14FNO3. The van der Waals surface area contributed by atoms with E-state index in [9.17, 15) is 14.0 Å². The van der Waals surface area contributed by atoms with Crippen LogP contribution in [0.1, 0.15) is 31.8 Å². The molecule has 22 heavy (non-hydrogen) atoms. The lowest BCUT2D eigenvalue weighted by Crippen LogP contribution is -2.42. The quantitative estimate of drug-likeness (QED) is 0.914. The van der Waals surface area contributed by atoms with Crippen molar-refractivity contribution in [2.75, 3.05) is 0 Å². The molecule has 3 rings (SSSR count). The minimum Gasteiger partial charge on any atom is -0.478 e. The number of rotatable bonds is 3. The molecule has 0 spiro atoms. The van der Waals surface area contributed by atoms with Gasteiger partial charge >= 0.3 is 5.97 Å². The van der Waals surface area contributed by atoms with E-state index in [2.05, 4.69) is 5.32 Å². The van der Waals surface area contributed by atoms with Crippen molar-refractivity contribution in [2.24, 2.45) is 0 Å². The van der Waals surface area contributed by atoms with Gasteiger partial charge in [0.1, 0.15) is 5.82 Å². The number of hydrogen-bond acceptors (Lipinski definition) is 2. The highest BCUT2D eigenvalue weighted by atomic mass is 19.1. The van der Waals surface area contributed by atoms with Gasteiger partial charge in [-0.3, -0.25) is 4.79 Å². The fraction of sp³-hybridized carbons (Fsp3) is 0.176. The van der Waals surface area contributed by atoms with Crippen LogP contribution in [0, 0.1) is 5.82 Å². The smallest absolute Gasteiger partial charge is 0.335 e. The monoisotopic (exact) mass is 299 g/mol. The molecule has 0 aliphatic carbocycles. The Morgan fingerprint density at radius 2 is 2.09 bits per heavy atom. The van der Waals surface area contributed by atoms with Crippen LogP contribution in [0.2, 0.25) is 0 Å². The molecule has 0 saturated heterocycles. The number of carbonyl (C=O) groups excluding carboxylic acids is 1. The van der Waals surface area contributed by atoms with E-state index in [1.54, 1.807) is 12.1 Å². The highest BCUT2D eigenvalue weighted by Gasteiger charge is 2.25. The number of nitrogens with one attached hydrogen (secondary N) is 1. The second-order valence-electron chi connectivity index (χ2n) is 5.39. The number of halogens is 1. The van der Waals surface area contributed by atoms with Crippen LogP contribution >= 0.6 is 0 Å². The summed E-state index contributed by atoms with van der Waals surface area (Å²) in [6.07, 6.45) is 1.03. The zero-order chi connectivity index (χ0) is 15.7. The molecule has 1 heterocycles. The molecule has 1 atom stereocenters. The third-order valence-corrected chi connectivity index (χ3v) is 3.77. The second kappa shape index (κ2) is 5.60. The van der Waals surface area contributed by atoms with Crippen LogP contribution in [0.3, 0.4) is 0 Å². The van der Waals surface area contributed by atoms with Crippen LogP contribution < -0.4 is 5.32 Å². The summed E-state index contributed by atoms with van der Waals surface area (Å²) in [6.45, 7) is 0. The van der Waals surface area contributed by atoms with Gasteiger partial charge in [-0.1, -0.05) is 12.1 Å². The number of fused-ring (bicyclic) bond motifs is 1. The molecule has 0 saturated carbocycles. The van der Waals surface area contributed by atoms with E-state index in [0.29, 0.717) is 24.0 Å². The third-order valence-electron chi connectivity index (χ3n) is 3.77. The molecule has 1 amide bonds. The van der Waals surface area contributed by atoms with Crippen molar-refractivity contribution in [2.45, 2.75) is 18.9 Å². The predicted octanol–water partition coefficient (Wildman–Crippen LogP) is 2.42. The number of amides is 1. The molecule has 0 aromatic heterocycles. The fourth-order valence-corrected chi connectivity index (χ4v) is 2.77. The number of carboxylic acids is 1. The SMILES string of the molecule is O=C(O)c1ccc2c(c1)CC(Cc1cccc(F)c1)NC2=O. The Kier molecular flexibility index (Phi) is 3.63. The van der Waals surface area contributed by atoms with Crippen molar-refractivity contribution in [1.29, 1.82) is 0 Å². The van der Waals surface area contributed by atoms with Crippen molar-refractivity contribution in [3.63, 3.8) is 0 Å². The average Bonchev–Trinajstić information content (AvgIpc) is 2.46. The topological polar surface area (TPSA) is 66.4 Å². The summed E-state index contributed by atoms with van der Waals surface area (Å²) < 4.78 is 13.2. The van der Waals surface area contributed by atoms with Crippen LogP contribution in [-0.4, -0.2) is 23.0 Å². The lowest BCUT2D eigenvalue weighted by Gasteiger charge is -2.26. The van der Waals surface area contributed by atoms with E-state index in [1.165, 1.54) is 30.3 Å². The van der Waals surface area contributed by atoms with E-state index in [1.807, 2.05) is 0 Å². The molecule has 0 fully saturated rings. The van der Waals surface area contributed by atoms with Gasteiger partial charge in [-0.25, -0.2) is 9.18 Å². The summed E-state index contributed by atoms with van der Waals surface area (Å²) >= 11 is 0. The fourth-order valence-electron chi connectivity index (χ4n) is 2.77. The summed E-state index contributed by atoms with van der Waals surface area (Å²) in [5.74, 6) is -1.55. The second-order valence-corrected chi connectivity index (χ2v) is 5.39. The van der Waals surface area contributed by atoms with Gasteiger partial charge < -0.3 is 10.4 Å². The molecule has 2 aromatic carbocycles. The van der Waals surface area contributed by atoms with E-state index in [4.69, 9.17) is 5.11 Å². The van der Waals surface area contributed by atoms with Crippen molar-refractivity contribution >= 4 is 11.9 Å². The van der Waals surface area contributed by atoms with Crippen molar-refractivity contribution in [3.8, 4) is 0 Å². The molecular weight excluding hydrogens is 285 g/mol. The molecule has 4 nitrogen and oxygen atoms in total. The molecule has 0 radical (unpaired) electrons. The molecule has 2 N–H and O–H groups in total. The number of benzene rings is 2. The van der Waals surface area contributed by atoms with E-state index < -0.39 is 5.97 Å². The Labute approximate surface area is 126 Å². The van der Waals surface area contributed by atoms with Crippen molar-refractivity contribution in [3.05, 3.63) is 70.5 Å². The normalized spacial score (nSPS) is 16.8. The van der Waals surface area contributed by atoms with Crippen molar-refractivity contribution < 1.29 is 19.1 Å². The Hall–Kier alpha value is -2.69. The molecule has 112 valence electrons. The summed E-state index contributed by atoms with van der Waals surface area (Å²) in [6, 6.07) is 10.6. The molecule has 5 heteroatoms. The number of carbonyl (C=O) groups is 2. The largest absolute Gasteiger partial charge is 0.478 e. The Morgan fingerprint density at radius 3 is 2.82 bits per heavy atom. The van der Waals surface area contributed by atoms with Crippen molar-refractivity contribution in [1.82, 2.24) is 5.32 Å². The van der Waals surface area contributed by atoms with Gasteiger partial charge in [-0.15, -0.1) is 0 Å². The maximum Gasteiger partial charge on any atom is 0.335 e. The Morgan fingerprint density at radius 1 is 1.27 bits per heavy atom. The predicted molar refractivity (Wildman–Crippen MR) is 78.5 cm³/mol. The lowest BCUT2D eigenvalue weighted by atomic mass is 9.90. The van der Waals surface area contributed by atoms with Gasteiger partial charge in [-0.05, 0) is 54.3 Å². The van der Waals surface area contributed by atoms with Crippen LogP contribution in [-0.2, 0) is 12.8 Å². The maximum absolute atomic E-state index is 13.2. The summed E-state index contributed by atoms with van der Waals surface area (Å²) in [7, 11) is 0. The van der Waals surface area contributed by atoms with Crippen LogP contribution in [0.4, 0.5) is 4.39 Å². The highest BCUT2D eigenvalue weighted by Crippen LogP contribution is 2.21. The Bertz CT molecular complexity index is 757. The van der Waals surface area contributed by atoms with Gasteiger partial charge in [0.05, 0.1) is 5.56 Å². The number of carboxylic acid groups (broad SMARTS) is 1. The highest BCUT2D eigenvalue weighted by molar-refractivity contribution is 5.98. The van der Waals surface area contributed by atoms with E-state index in [0.717, 1.165) is 5.56 Å². The third kappa shape index (κ3) is 2.83. The minimum absolute atomic E-state index is 0.165. The lowest BCUT2D eigenvalue weighted by molar-refractivity contribution is 0.0695. The first-order valence-electron chi connectivity index (χ1n) is 6.94. The zero-order valence-electron chi connectivity index (χ0n) is 11.7. The first-order chi connectivity index (χ1) is 10.5. The van der Waals surface area contributed by atoms with Crippen LogP contribution in [0.15, 0.2) is 42.5 Å². The summed E-state index contributed by atoms with van der Waals surface area (Å²) in [4.78, 5) is 23.1. The standard InChI is InChI=1S/C17H14FNO3/c18-13-3-1-2-10(6-13)7-14-9-12-8-11(17(21)22)4-5-15(12)16(20)19-14/h1-6,8,14H,7,9H2,(H,19,20)(H,21,22). The summed E-state index contributed by atoms with van der Waals surface area (Å²) in [5.41, 5.74) is 2.17. The first-order valence-corrected chi connectivity index (χ1v) is 6.94. The molecule has 1 unspecified atom stereocenters. The van der Waals surface area contributed by atoms with Gasteiger partial charge in [0, 0.05) is 11.6 Å². The van der Waals surface area contributed by atoms with Gasteiger partial charge in [0.2, 0.25) is 0 Å². The number of hydrogen-bond donors (Lipinski definition) is 2. The maximum atomic E-state index is 13.2. The van der Waals surface area contributed by atoms with Crippen LogP contribution in [0.5, 0.6) is 0 Å². The van der Waals surface area contributed by atoms with Gasteiger partial charge in [-0.2, -0.15) is 0 Å². The van der Waals surface area contributed by atoms with E-state index >= 15 is 0 Å². The van der Waals surface area contributed by atoms with E-state index in [-0.39, 0.29) is 23.3 Å².